The first-order chi connectivity index (χ1) is 41.6. The second kappa shape index (κ2) is 53.7. The van der Waals surface area contributed by atoms with Crippen LogP contribution in [0.5, 0.6) is 0 Å². The maximum Gasteiger partial charge on any atom is 0.488 e. The van der Waals surface area contributed by atoms with Gasteiger partial charge in [-0.15, -0.1) is 0 Å². The van der Waals surface area contributed by atoms with Crippen molar-refractivity contribution < 1.29 is 10.0 Å². The standard InChI is InChI=1S/C79H134BNO2S/c1-81(70-72-62-55-60-68-79(72)80(82)83)71-78-76-66-58-56-64-74(76)73(75-65-57-59-67-77(75)78)63-54-52-50-48-46-44-42-40-38-36-34-32-30-28-26-24-22-20-18-16-14-12-10-8-6-4-2-3-5-7-9-11-13-15-17-19-21-23-25-27-29-31-33-35-37-39-41-43-45-47-49-51-53-61-69-84/h55-60,62,64-68,82-84H,2-54,61,63,69-71H2,1H3. The molecule has 0 unspecified atom stereocenters. The van der Waals surface area contributed by atoms with Gasteiger partial charge in [0.2, 0.25) is 0 Å². The van der Waals surface area contributed by atoms with Crippen LogP contribution in [0.2, 0.25) is 0 Å². The molecule has 0 saturated heterocycles. The number of rotatable bonds is 61. The van der Waals surface area contributed by atoms with Crippen molar-refractivity contribution in [3.05, 3.63) is 89.5 Å². The fraction of sp³-hybridized carbons (Fsp3) is 0.747. The molecular formula is C79H134BNO2S. The van der Waals surface area contributed by atoms with Gasteiger partial charge in [0, 0.05) is 13.1 Å². The molecule has 0 saturated carbocycles. The summed E-state index contributed by atoms with van der Waals surface area (Å²) in [5.41, 5.74) is 4.39. The van der Waals surface area contributed by atoms with Crippen LogP contribution in [0, 0.1) is 0 Å². The summed E-state index contributed by atoms with van der Waals surface area (Å²) in [5.74, 6) is 1.07. The van der Waals surface area contributed by atoms with E-state index in [0.717, 1.165) is 24.3 Å². The smallest absolute Gasteiger partial charge is 0.423 e. The monoisotopic (exact) mass is 1170 g/mol. The molecule has 0 heterocycles. The van der Waals surface area contributed by atoms with Crippen LogP contribution in [0.15, 0.2) is 72.8 Å². The molecule has 0 aliphatic heterocycles. The highest BCUT2D eigenvalue weighted by Crippen LogP contribution is 2.35. The lowest BCUT2D eigenvalue weighted by molar-refractivity contribution is 0.321. The molecule has 0 atom stereocenters. The Balaban J connectivity index is 0.800. The van der Waals surface area contributed by atoms with Crippen LogP contribution in [0.4, 0.5) is 0 Å². The number of unbranched alkanes of at least 4 members (excludes halogenated alkanes) is 53. The Hall–Kier alpha value is -2.31. The van der Waals surface area contributed by atoms with Crippen LogP contribution in [0.3, 0.4) is 0 Å². The fourth-order valence-electron chi connectivity index (χ4n) is 13.9. The van der Waals surface area contributed by atoms with Gasteiger partial charge >= 0.3 is 7.12 Å². The molecule has 84 heavy (non-hydrogen) atoms. The van der Waals surface area contributed by atoms with Gasteiger partial charge in [0.25, 0.3) is 0 Å². The molecule has 0 aromatic heterocycles. The van der Waals surface area contributed by atoms with Crippen molar-refractivity contribution in [1.82, 2.24) is 4.90 Å². The van der Waals surface area contributed by atoms with E-state index in [2.05, 4.69) is 73.1 Å². The van der Waals surface area contributed by atoms with Gasteiger partial charge in [-0.3, -0.25) is 4.90 Å². The van der Waals surface area contributed by atoms with Crippen LogP contribution in [0.25, 0.3) is 21.5 Å². The van der Waals surface area contributed by atoms with Gasteiger partial charge in [0.05, 0.1) is 0 Å². The van der Waals surface area contributed by atoms with Crippen molar-refractivity contribution in [2.45, 2.75) is 366 Å². The summed E-state index contributed by atoms with van der Waals surface area (Å²) in [6, 6.07) is 25.6. The average Bonchev–Trinajstić information content (AvgIpc) is 3.31. The zero-order valence-corrected chi connectivity index (χ0v) is 56.2. The van der Waals surface area contributed by atoms with Gasteiger partial charge in [-0.2, -0.15) is 12.6 Å². The number of hydrogen-bond acceptors (Lipinski definition) is 4. The minimum atomic E-state index is -1.46. The first-order valence-corrected chi connectivity index (χ1v) is 37.9. The Morgan fingerprint density at radius 2 is 0.488 bits per heavy atom. The maximum atomic E-state index is 9.95. The molecule has 0 amide bonds. The van der Waals surface area contributed by atoms with Gasteiger partial charge in [-0.25, -0.2) is 0 Å². The molecule has 0 spiro atoms. The summed E-state index contributed by atoms with van der Waals surface area (Å²) >= 11 is 4.31. The van der Waals surface area contributed by atoms with Gasteiger partial charge in [0.1, 0.15) is 0 Å². The van der Waals surface area contributed by atoms with Crippen molar-refractivity contribution >= 4 is 46.8 Å². The third kappa shape index (κ3) is 36.9. The predicted octanol–water partition coefficient (Wildman–Crippen LogP) is 24.8. The van der Waals surface area contributed by atoms with Crippen LogP contribution in [-0.2, 0) is 19.5 Å². The SMILES string of the molecule is CN(Cc1ccccc1B(O)O)Cc1c2ccccc2c(CCCCCCCCCCCCCCCCCCCCCCCCCCCCCCCCCCCCCCCCCCCCCCCCCCCCCCCCS)c2ccccc12. The second-order valence-electron chi connectivity index (χ2n) is 26.9. The molecule has 3 nitrogen and oxygen atoms in total. The van der Waals surface area contributed by atoms with E-state index in [0.29, 0.717) is 12.0 Å². The lowest BCUT2D eigenvalue weighted by Crippen LogP contribution is -2.35. The molecule has 0 radical (unpaired) electrons. The van der Waals surface area contributed by atoms with Crippen molar-refractivity contribution in [2.24, 2.45) is 0 Å². The topological polar surface area (TPSA) is 43.7 Å². The summed E-state index contributed by atoms with van der Waals surface area (Å²) in [6.07, 6.45) is 79.7. The number of nitrogens with zero attached hydrogens (tertiary/aromatic N) is 1. The van der Waals surface area contributed by atoms with Crippen molar-refractivity contribution in [1.29, 1.82) is 0 Å². The molecule has 4 aromatic carbocycles. The average molecular weight is 1170 g/mol. The first-order valence-electron chi connectivity index (χ1n) is 37.2. The Kier molecular flexibility index (Phi) is 47.4. The lowest BCUT2D eigenvalue weighted by atomic mass is 9.77. The van der Waals surface area contributed by atoms with E-state index >= 15 is 0 Å². The van der Waals surface area contributed by atoms with Crippen molar-refractivity contribution in [3.63, 3.8) is 0 Å². The largest absolute Gasteiger partial charge is 0.488 e. The highest BCUT2D eigenvalue weighted by Gasteiger charge is 2.19. The van der Waals surface area contributed by atoms with Gasteiger partial charge in [0.15, 0.2) is 0 Å². The van der Waals surface area contributed by atoms with Gasteiger partial charge in [-0.1, -0.05) is 407 Å². The van der Waals surface area contributed by atoms with Crippen LogP contribution in [-0.4, -0.2) is 34.9 Å². The zero-order chi connectivity index (χ0) is 59.3. The summed E-state index contributed by atoms with van der Waals surface area (Å²) in [5, 5.41) is 25.4. The van der Waals surface area contributed by atoms with E-state index in [4.69, 9.17) is 0 Å². The molecule has 0 fully saturated rings. The van der Waals surface area contributed by atoms with Gasteiger partial charge < -0.3 is 10.0 Å². The van der Waals surface area contributed by atoms with Gasteiger partial charge in [-0.05, 0) is 75.8 Å². The number of fused-ring (bicyclic) bond motifs is 2. The second-order valence-corrected chi connectivity index (χ2v) is 27.3. The predicted molar refractivity (Wildman–Crippen MR) is 380 cm³/mol. The molecule has 0 aliphatic rings. The molecule has 5 heteroatoms. The number of hydrogen-bond donors (Lipinski definition) is 3. The molecule has 4 rings (SSSR count). The highest BCUT2D eigenvalue weighted by molar-refractivity contribution is 7.80. The van der Waals surface area contributed by atoms with Crippen LogP contribution < -0.4 is 5.46 Å². The fourth-order valence-corrected chi connectivity index (χ4v) is 14.1. The minimum Gasteiger partial charge on any atom is -0.423 e. The van der Waals surface area contributed by atoms with Crippen molar-refractivity contribution in [3.8, 4) is 0 Å². The number of thiol groups is 1. The van der Waals surface area contributed by atoms with E-state index in [1.807, 2.05) is 24.3 Å². The van der Waals surface area contributed by atoms with E-state index in [9.17, 15) is 10.0 Å². The summed E-state index contributed by atoms with van der Waals surface area (Å²) < 4.78 is 0. The minimum absolute atomic E-state index is 0.581. The van der Waals surface area contributed by atoms with Crippen LogP contribution in [0.1, 0.15) is 363 Å². The third-order valence-corrected chi connectivity index (χ3v) is 19.5. The van der Waals surface area contributed by atoms with Crippen LogP contribution >= 0.6 is 12.6 Å². The Bertz CT molecular complexity index is 2030. The quantitative estimate of drug-likeness (QED) is 0.0179. The number of benzene rings is 4. The first kappa shape index (κ1) is 74.2. The third-order valence-electron chi connectivity index (χ3n) is 19.2. The van der Waals surface area contributed by atoms with E-state index in [-0.39, 0.29) is 0 Å². The Labute approximate surface area is 527 Å². The highest BCUT2D eigenvalue weighted by atomic mass is 32.1. The zero-order valence-electron chi connectivity index (χ0n) is 55.3. The molecular weight excluding hydrogens is 1040 g/mol. The van der Waals surface area contributed by atoms with E-state index < -0.39 is 7.12 Å². The summed E-state index contributed by atoms with van der Waals surface area (Å²) in [7, 11) is 0.670. The number of aryl methyl sites for hydroxylation is 1. The maximum absolute atomic E-state index is 9.95. The van der Waals surface area contributed by atoms with E-state index in [1.54, 1.807) is 0 Å². The summed E-state index contributed by atoms with van der Waals surface area (Å²) in [4.78, 5) is 2.30. The molecule has 0 bridgehead atoms. The van der Waals surface area contributed by atoms with E-state index in [1.165, 1.54) is 379 Å². The molecule has 0 aliphatic carbocycles. The normalized spacial score (nSPS) is 11.8. The van der Waals surface area contributed by atoms with Crippen molar-refractivity contribution in [2.75, 3.05) is 12.8 Å². The molecule has 4 aromatic rings. The molecule has 476 valence electrons. The lowest BCUT2D eigenvalue weighted by Gasteiger charge is -2.23. The molecule has 2 N–H and O–H groups in total. The Morgan fingerprint density at radius 1 is 0.274 bits per heavy atom. The Morgan fingerprint density at radius 3 is 0.738 bits per heavy atom. The summed E-state index contributed by atoms with van der Waals surface area (Å²) in [6.45, 7) is 1.44.